The van der Waals surface area contributed by atoms with Crippen LogP contribution in [0.25, 0.3) is 0 Å². The molecule has 0 fully saturated rings. The van der Waals surface area contributed by atoms with E-state index in [2.05, 4.69) is 20.6 Å². The van der Waals surface area contributed by atoms with Gasteiger partial charge in [0, 0.05) is 0 Å². The summed E-state index contributed by atoms with van der Waals surface area (Å²) in [5.74, 6) is 0.392. The molecule has 2 aromatic rings. The van der Waals surface area contributed by atoms with E-state index in [0.29, 0.717) is 11.5 Å². The van der Waals surface area contributed by atoms with Crippen LogP contribution in [-0.2, 0) is 4.79 Å². The second kappa shape index (κ2) is 4.27. The summed E-state index contributed by atoms with van der Waals surface area (Å²) in [6.07, 6.45) is 1.48. The van der Waals surface area contributed by atoms with Crippen molar-refractivity contribution >= 4 is 29.0 Å². The number of rotatable bonds is 1. The summed E-state index contributed by atoms with van der Waals surface area (Å²) in [7, 11) is 0. The fourth-order valence-electron chi connectivity index (χ4n) is 1.85. The summed E-state index contributed by atoms with van der Waals surface area (Å²) in [6.45, 7) is 0. The first-order valence-electron chi connectivity index (χ1n) is 5.39. The Kier molecular flexibility index (Phi) is 2.60. The van der Waals surface area contributed by atoms with Gasteiger partial charge in [0.05, 0.1) is 6.20 Å². The lowest BCUT2D eigenvalue weighted by Gasteiger charge is -2.25. The van der Waals surface area contributed by atoms with Crippen LogP contribution in [0, 0.1) is 0 Å². The Morgan fingerprint density at radius 3 is 2.78 bits per heavy atom. The van der Waals surface area contributed by atoms with Crippen molar-refractivity contribution in [1.29, 1.82) is 0 Å². The van der Waals surface area contributed by atoms with Crippen molar-refractivity contribution < 1.29 is 4.79 Å². The smallest absolute Gasteiger partial charge is 0.251 e. The topological polar surface area (TPSA) is 66.9 Å². The minimum atomic E-state index is -0.468. The second-order valence-electron chi connectivity index (χ2n) is 3.88. The molecule has 1 unspecified atom stereocenters. The molecule has 5 nitrogen and oxygen atoms in total. The van der Waals surface area contributed by atoms with Crippen LogP contribution in [0.2, 0.25) is 5.28 Å². The molecule has 3 rings (SSSR count). The lowest BCUT2D eigenvalue weighted by molar-refractivity contribution is -0.117. The zero-order chi connectivity index (χ0) is 12.5. The highest BCUT2D eigenvalue weighted by Crippen LogP contribution is 2.30. The third-order valence-electron chi connectivity index (χ3n) is 2.69. The monoisotopic (exact) mass is 260 g/mol. The summed E-state index contributed by atoms with van der Waals surface area (Å²) >= 11 is 5.73. The summed E-state index contributed by atoms with van der Waals surface area (Å²) in [6, 6.07) is 8.96. The molecule has 0 saturated carbocycles. The molecule has 1 aliphatic heterocycles. The molecule has 0 bridgehead atoms. The van der Waals surface area contributed by atoms with Gasteiger partial charge in [-0.15, -0.1) is 0 Å². The quantitative estimate of drug-likeness (QED) is 0.772. The van der Waals surface area contributed by atoms with Crippen LogP contribution in [0.3, 0.4) is 0 Å². The molecule has 6 heteroatoms. The zero-order valence-electron chi connectivity index (χ0n) is 9.22. The Labute approximate surface area is 108 Å². The van der Waals surface area contributed by atoms with Crippen molar-refractivity contribution in [1.82, 2.24) is 9.97 Å². The van der Waals surface area contributed by atoms with Gasteiger partial charge in [-0.05, 0) is 17.2 Å². The lowest BCUT2D eigenvalue weighted by atomic mass is 10.0. The molecule has 0 spiro atoms. The third kappa shape index (κ3) is 1.89. The van der Waals surface area contributed by atoms with Crippen molar-refractivity contribution in [2.75, 3.05) is 10.6 Å². The van der Waals surface area contributed by atoms with E-state index >= 15 is 0 Å². The van der Waals surface area contributed by atoms with Gasteiger partial charge in [-0.25, -0.2) is 4.98 Å². The number of nitrogens with one attached hydrogen (secondary N) is 2. The number of hydrogen-bond donors (Lipinski definition) is 2. The van der Waals surface area contributed by atoms with E-state index in [9.17, 15) is 4.79 Å². The van der Waals surface area contributed by atoms with E-state index in [-0.39, 0.29) is 11.2 Å². The number of benzene rings is 1. The third-order valence-corrected chi connectivity index (χ3v) is 2.88. The summed E-state index contributed by atoms with van der Waals surface area (Å²) in [4.78, 5) is 19.9. The van der Waals surface area contributed by atoms with Gasteiger partial charge < -0.3 is 10.6 Å². The number of nitrogens with zero attached hydrogens (tertiary/aromatic N) is 2. The first-order chi connectivity index (χ1) is 8.74. The van der Waals surface area contributed by atoms with Crippen molar-refractivity contribution in [2.24, 2.45) is 0 Å². The number of carbonyl (C=O) groups is 1. The molecule has 2 heterocycles. The maximum Gasteiger partial charge on any atom is 0.251 e. The predicted molar refractivity (Wildman–Crippen MR) is 68.5 cm³/mol. The SMILES string of the molecule is O=C1Nc2cnc(Cl)nc2NC1c1ccccc1. The molecule has 18 heavy (non-hydrogen) atoms. The first-order valence-corrected chi connectivity index (χ1v) is 5.77. The van der Waals surface area contributed by atoms with Gasteiger partial charge >= 0.3 is 0 Å². The number of fused-ring (bicyclic) bond motifs is 1. The van der Waals surface area contributed by atoms with E-state index in [1.165, 1.54) is 6.20 Å². The molecule has 1 aliphatic rings. The van der Waals surface area contributed by atoms with Crippen molar-refractivity contribution in [2.45, 2.75) is 6.04 Å². The number of aromatic nitrogens is 2. The Balaban J connectivity index is 1.99. The number of anilines is 2. The summed E-state index contributed by atoms with van der Waals surface area (Å²) in [5.41, 5.74) is 1.41. The molecular weight excluding hydrogens is 252 g/mol. The lowest BCUT2D eigenvalue weighted by Crippen LogP contribution is -2.32. The average Bonchev–Trinajstić information content (AvgIpc) is 2.39. The molecule has 1 atom stereocenters. The molecule has 1 aromatic carbocycles. The maximum absolute atomic E-state index is 12.0. The van der Waals surface area contributed by atoms with E-state index in [4.69, 9.17) is 11.6 Å². The maximum atomic E-state index is 12.0. The van der Waals surface area contributed by atoms with Crippen LogP contribution in [0.4, 0.5) is 11.5 Å². The largest absolute Gasteiger partial charge is 0.353 e. The average molecular weight is 261 g/mol. The van der Waals surface area contributed by atoms with E-state index in [1.54, 1.807) is 0 Å². The molecule has 0 saturated heterocycles. The number of amides is 1. The number of halogens is 1. The Morgan fingerprint density at radius 1 is 1.22 bits per heavy atom. The number of hydrogen-bond acceptors (Lipinski definition) is 4. The normalized spacial score (nSPS) is 17.6. The van der Waals surface area contributed by atoms with E-state index in [0.717, 1.165) is 5.56 Å². The predicted octanol–water partition coefficient (Wildman–Crippen LogP) is 2.24. The second-order valence-corrected chi connectivity index (χ2v) is 4.22. The van der Waals surface area contributed by atoms with Crippen LogP contribution >= 0.6 is 11.6 Å². The molecule has 0 aliphatic carbocycles. The standard InChI is InChI=1S/C12H9ClN4O/c13-12-14-6-8-10(17-12)16-9(11(18)15-8)7-4-2-1-3-5-7/h1-6,9H,(H,15,18)(H,14,16,17). The fourth-order valence-corrected chi connectivity index (χ4v) is 1.98. The van der Waals surface area contributed by atoms with Gasteiger partial charge in [0.25, 0.3) is 5.91 Å². The Hall–Kier alpha value is -2.14. The highest BCUT2D eigenvalue weighted by molar-refractivity contribution is 6.28. The van der Waals surface area contributed by atoms with Crippen LogP contribution in [-0.4, -0.2) is 15.9 Å². The molecular formula is C12H9ClN4O. The zero-order valence-corrected chi connectivity index (χ0v) is 9.98. The van der Waals surface area contributed by atoms with Gasteiger partial charge in [-0.1, -0.05) is 30.3 Å². The highest BCUT2D eigenvalue weighted by Gasteiger charge is 2.27. The van der Waals surface area contributed by atoms with Crippen LogP contribution in [0.1, 0.15) is 11.6 Å². The van der Waals surface area contributed by atoms with Gasteiger partial charge in [-0.3, -0.25) is 4.79 Å². The van der Waals surface area contributed by atoms with Crippen LogP contribution in [0.5, 0.6) is 0 Å². The van der Waals surface area contributed by atoms with Crippen molar-refractivity contribution in [3.63, 3.8) is 0 Å². The Morgan fingerprint density at radius 2 is 2.00 bits per heavy atom. The molecule has 1 aromatic heterocycles. The van der Waals surface area contributed by atoms with Gasteiger partial charge in [0.1, 0.15) is 11.7 Å². The van der Waals surface area contributed by atoms with E-state index in [1.807, 2.05) is 30.3 Å². The number of carbonyl (C=O) groups excluding carboxylic acids is 1. The molecule has 0 radical (unpaired) electrons. The molecule has 2 N–H and O–H groups in total. The highest BCUT2D eigenvalue weighted by atomic mass is 35.5. The Bertz CT molecular complexity index is 602. The minimum Gasteiger partial charge on any atom is -0.353 e. The molecule has 90 valence electrons. The summed E-state index contributed by atoms with van der Waals surface area (Å²) < 4.78 is 0. The van der Waals surface area contributed by atoms with Gasteiger partial charge in [-0.2, -0.15) is 4.98 Å². The molecule has 1 amide bonds. The van der Waals surface area contributed by atoms with Crippen LogP contribution < -0.4 is 10.6 Å². The minimum absolute atomic E-state index is 0.139. The van der Waals surface area contributed by atoms with Gasteiger partial charge in [0.15, 0.2) is 5.82 Å². The van der Waals surface area contributed by atoms with Crippen LogP contribution in [0.15, 0.2) is 36.5 Å². The fraction of sp³-hybridized carbons (Fsp3) is 0.0833. The van der Waals surface area contributed by atoms with Crippen molar-refractivity contribution in [3.05, 3.63) is 47.4 Å². The first kappa shape index (κ1) is 11.0. The van der Waals surface area contributed by atoms with E-state index < -0.39 is 6.04 Å². The summed E-state index contributed by atoms with van der Waals surface area (Å²) in [5, 5.41) is 5.95. The van der Waals surface area contributed by atoms with Crippen molar-refractivity contribution in [3.8, 4) is 0 Å². The van der Waals surface area contributed by atoms with Gasteiger partial charge in [0.2, 0.25) is 5.28 Å².